The third-order valence-electron chi connectivity index (χ3n) is 7.99. The molecule has 0 saturated carbocycles. The molecule has 0 atom stereocenters. The van der Waals surface area contributed by atoms with Crippen molar-refractivity contribution in [3.63, 3.8) is 0 Å². The van der Waals surface area contributed by atoms with Crippen LogP contribution in [0.4, 0.5) is 0 Å². The fourth-order valence-corrected chi connectivity index (χ4v) is 7.88. The molecule has 9 heteroatoms. The standard InChI is InChI=1S/C32H55N3O6/c1-27(2)14-20(15-28(3,4)33-27)39-24(36)13-23(25(37)40-21-16-29(5,6)34-30(7,8)17-21)26(38)41-22-18-31(9,10)35-32(11,12)19-22/h13,20-22,33-35H,14-19H2,1-12H3. The van der Waals surface area contributed by atoms with Gasteiger partial charge in [0.25, 0.3) is 0 Å². The van der Waals surface area contributed by atoms with Gasteiger partial charge in [-0.1, -0.05) is 0 Å². The summed E-state index contributed by atoms with van der Waals surface area (Å²) in [6, 6.07) is 0. The lowest BCUT2D eigenvalue weighted by molar-refractivity contribution is -0.158. The topological polar surface area (TPSA) is 115 Å². The summed E-state index contributed by atoms with van der Waals surface area (Å²) < 4.78 is 17.6. The molecule has 3 aliphatic rings. The van der Waals surface area contributed by atoms with Gasteiger partial charge in [-0.05, 0) is 83.1 Å². The number of carbonyl (C=O) groups excluding carboxylic acids is 3. The highest BCUT2D eigenvalue weighted by Gasteiger charge is 2.43. The van der Waals surface area contributed by atoms with Gasteiger partial charge in [0, 0.05) is 77.8 Å². The molecule has 3 rings (SSSR count). The van der Waals surface area contributed by atoms with Crippen molar-refractivity contribution in [1.29, 1.82) is 0 Å². The summed E-state index contributed by atoms with van der Waals surface area (Å²) in [6.45, 7) is 24.7. The van der Waals surface area contributed by atoms with Crippen molar-refractivity contribution in [2.24, 2.45) is 0 Å². The third-order valence-corrected chi connectivity index (χ3v) is 7.99. The van der Waals surface area contributed by atoms with Gasteiger partial charge in [-0.25, -0.2) is 14.4 Å². The zero-order valence-electron chi connectivity index (χ0n) is 27.5. The molecule has 0 unspecified atom stereocenters. The minimum Gasteiger partial charge on any atom is -0.459 e. The monoisotopic (exact) mass is 577 g/mol. The number of piperidine rings is 3. The SMILES string of the molecule is CC1(C)CC(OC(=O)C=C(C(=O)OC2CC(C)(C)NC(C)(C)C2)C(=O)OC2CC(C)(C)NC(C)(C)C2)CC(C)(C)N1. The van der Waals surface area contributed by atoms with Crippen LogP contribution >= 0.6 is 0 Å². The maximum absolute atomic E-state index is 13.6. The molecule has 3 aliphatic heterocycles. The minimum atomic E-state index is -0.858. The maximum Gasteiger partial charge on any atom is 0.346 e. The number of hydrogen-bond acceptors (Lipinski definition) is 9. The Labute approximate surface area is 247 Å². The van der Waals surface area contributed by atoms with Gasteiger partial charge in [0.15, 0.2) is 5.57 Å². The van der Waals surface area contributed by atoms with E-state index >= 15 is 0 Å². The number of carbonyl (C=O) groups is 3. The van der Waals surface area contributed by atoms with Crippen LogP contribution in [0, 0.1) is 0 Å². The molecule has 234 valence electrons. The van der Waals surface area contributed by atoms with Crippen molar-refractivity contribution in [2.75, 3.05) is 0 Å². The van der Waals surface area contributed by atoms with Gasteiger partial charge in [0.1, 0.15) is 18.3 Å². The summed E-state index contributed by atoms with van der Waals surface area (Å²) in [4.78, 5) is 40.3. The van der Waals surface area contributed by atoms with Gasteiger partial charge < -0.3 is 30.2 Å². The van der Waals surface area contributed by atoms with Crippen molar-refractivity contribution in [3.05, 3.63) is 11.6 Å². The molecule has 3 heterocycles. The number of hydrogen-bond donors (Lipinski definition) is 3. The van der Waals surface area contributed by atoms with Gasteiger partial charge in [-0.15, -0.1) is 0 Å². The quantitative estimate of drug-likeness (QED) is 0.138. The molecule has 0 amide bonds. The van der Waals surface area contributed by atoms with Gasteiger partial charge >= 0.3 is 17.9 Å². The lowest BCUT2D eigenvalue weighted by atomic mass is 9.81. The van der Waals surface area contributed by atoms with Crippen LogP contribution in [0.25, 0.3) is 0 Å². The van der Waals surface area contributed by atoms with Crippen LogP contribution in [0.1, 0.15) is 122 Å². The van der Waals surface area contributed by atoms with Crippen molar-refractivity contribution in [2.45, 2.75) is 173 Å². The summed E-state index contributed by atoms with van der Waals surface area (Å²) in [6.07, 6.45) is 3.27. The summed E-state index contributed by atoms with van der Waals surface area (Å²) in [5.41, 5.74) is -1.96. The number of nitrogens with one attached hydrogen (secondary N) is 3. The highest BCUT2D eigenvalue weighted by molar-refractivity contribution is 6.17. The fourth-order valence-electron chi connectivity index (χ4n) is 7.88. The van der Waals surface area contributed by atoms with E-state index in [0.29, 0.717) is 38.5 Å². The Hall–Kier alpha value is -1.97. The first-order valence-electron chi connectivity index (χ1n) is 15.1. The van der Waals surface area contributed by atoms with Crippen molar-refractivity contribution < 1.29 is 28.6 Å². The summed E-state index contributed by atoms with van der Waals surface area (Å²) in [5, 5.41) is 10.7. The second-order valence-electron chi connectivity index (χ2n) is 16.6. The summed E-state index contributed by atoms with van der Waals surface area (Å²) >= 11 is 0. The van der Waals surface area contributed by atoms with E-state index in [4.69, 9.17) is 14.2 Å². The first-order chi connectivity index (χ1) is 18.4. The molecule has 0 aliphatic carbocycles. The van der Waals surface area contributed by atoms with E-state index in [-0.39, 0.29) is 39.3 Å². The Morgan fingerprint density at radius 2 is 0.732 bits per heavy atom. The lowest BCUT2D eigenvalue weighted by Crippen LogP contribution is -2.60. The molecule has 9 nitrogen and oxygen atoms in total. The molecular weight excluding hydrogens is 522 g/mol. The van der Waals surface area contributed by atoms with Crippen LogP contribution in [-0.2, 0) is 28.6 Å². The van der Waals surface area contributed by atoms with E-state index in [1.165, 1.54) is 0 Å². The number of esters is 3. The molecule has 0 radical (unpaired) electrons. The molecule has 3 fully saturated rings. The Kier molecular flexibility index (Phi) is 9.22. The van der Waals surface area contributed by atoms with E-state index in [1.807, 2.05) is 0 Å². The smallest absolute Gasteiger partial charge is 0.346 e. The van der Waals surface area contributed by atoms with Gasteiger partial charge in [-0.2, -0.15) is 0 Å². The number of rotatable bonds is 6. The minimum absolute atomic E-state index is 0.236. The summed E-state index contributed by atoms with van der Waals surface area (Å²) in [5.74, 6) is -2.46. The van der Waals surface area contributed by atoms with Crippen molar-refractivity contribution in [1.82, 2.24) is 16.0 Å². The predicted octanol–water partition coefficient (Wildman–Crippen LogP) is 4.47. The highest BCUT2D eigenvalue weighted by atomic mass is 16.6. The normalized spacial score (nSPS) is 26.8. The van der Waals surface area contributed by atoms with E-state index in [1.54, 1.807) is 0 Å². The predicted molar refractivity (Wildman–Crippen MR) is 159 cm³/mol. The first-order valence-corrected chi connectivity index (χ1v) is 15.1. The maximum atomic E-state index is 13.6. The molecule has 0 aromatic carbocycles. The molecule has 3 saturated heterocycles. The van der Waals surface area contributed by atoms with Gasteiger partial charge in [0.2, 0.25) is 0 Å². The van der Waals surface area contributed by atoms with E-state index in [2.05, 4.69) is 99.0 Å². The van der Waals surface area contributed by atoms with Gasteiger partial charge in [-0.3, -0.25) is 0 Å². The first kappa shape index (κ1) is 33.5. The Morgan fingerprint density at radius 3 is 1.00 bits per heavy atom. The Bertz CT molecular complexity index is 954. The van der Waals surface area contributed by atoms with E-state index in [0.717, 1.165) is 6.08 Å². The fraction of sp³-hybridized carbons (Fsp3) is 0.844. The van der Waals surface area contributed by atoms with Crippen LogP contribution in [0.15, 0.2) is 11.6 Å². The average molecular weight is 578 g/mol. The summed E-state index contributed by atoms with van der Waals surface area (Å²) in [7, 11) is 0. The highest BCUT2D eigenvalue weighted by Crippen LogP contribution is 2.33. The zero-order valence-corrected chi connectivity index (χ0v) is 27.5. The number of ether oxygens (including phenoxy) is 3. The Morgan fingerprint density at radius 1 is 0.488 bits per heavy atom. The van der Waals surface area contributed by atoms with Crippen molar-refractivity contribution in [3.8, 4) is 0 Å². The van der Waals surface area contributed by atoms with E-state index < -0.39 is 35.7 Å². The van der Waals surface area contributed by atoms with Crippen LogP contribution in [0.3, 0.4) is 0 Å². The molecule has 0 aromatic heterocycles. The van der Waals surface area contributed by atoms with Crippen molar-refractivity contribution >= 4 is 17.9 Å². The average Bonchev–Trinajstić information content (AvgIpc) is 2.64. The lowest BCUT2D eigenvalue weighted by Gasteiger charge is -2.46. The van der Waals surface area contributed by atoms with Gasteiger partial charge in [0.05, 0.1) is 0 Å². The van der Waals surface area contributed by atoms with Crippen LogP contribution < -0.4 is 16.0 Å². The molecule has 41 heavy (non-hydrogen) atoms. The molecule has 0 spiro atoms. The molecular formula is C32H55N3O6. The second kappa shape index (κ2) is 11.3. The van der Waals surface area contributed by atoms with Crippen LogP contribution in [0.5, 0.6) is 0 Å². The van der Waals surface area contributed by atoms with Crippen LogP contribution in [0.2, 0.25) is 0 Å². The third kappa shape index (κ3) is 10.1. The van der Waals surface area contributed by atoms with E-state index in [9.17, 15) is 14.4 Å². The second-order valence-corrected chi connectivity index (χ2v) is 16.6. The largest absolute Gasteiger partial charge is 0.459 e. The molecule has 0 aromatic rings. The molecule has 3 N–H and O–H groups in total. The molecule has 0 bridgehead atoms. The van der Waals surface area contributed by atoms with Crippen LogP contribution in [-0.4, -0.2) is 69.5 Å². The zero-order chi connectivity index (χ0) is 31.2. The Balaban J connectivity index is 1.84.